The number of ether oxygens (including phenoxy) is 1. The lowest BCUT2D eigenvalue weighted by Gasteiger charge is -2.05. The van der Waals surface area contributed by atoms with E-state index in [2.05, 4.69) is 9.97 Å². The molecule has 0 aliphatic carbocycles. The maximum Gasteiger partial charge on any atom is 0.240 e. The monoisotopic (exact) mass is 235 g/mol. The minimum absolute atomic E-state index is 0.375. The van der Waals surface area contributed by atoms with E-state index in [9.17, 15) is 0 Å². The lowest BCUT2D eigenvalue weighted by molar-refractivity contribution is 0.400. The van der Waals surface area contributed by atoms with Crippen LogP contribution in [-0.2, 0) is 0 Å². The van der Waals surface area contributed by atoms with Crippen molar-refractivity contribution in [2.45, 2.75) is 0 Å². The standard InChI is InChI=1S/C11H10ClN3O/c1-16-11-9(13)6-14-10(15-11)7-2-4-8(12)5-3-7/h2-6H,13H2,1H3. The van der Waals surface area contributed by atoms with Gasteiger partial charge in [-0.25, -0.2) is 4.98 Å². The average molecular weight is 236 g/mol. The van der Waals surface area contributed by atoms with Crippen LogP contribution in [0.15, 0.2) is 30.5 Å². The molecule has 0 aliphatic rings. The SMILES string of the molecule is COc1nc(-c2ccc(Cl)cc2)ncc1N. The van der Waals surface area contributed by atoms with Gasteiger partial charge >= 0.3 is 0 Å². The molecule has 0 bridgehead atoms. The van der Waals surface area contributed by atoms with Crippen LogP contribution in [0.1, 0.15) is 0 Å². The molecular weight excluding hydrogens is 226 g/mol. The lowest BCUT2D eigenvalue weighted by Crippen LogP contribution is -1.98. The van der Waals surface area contributed by atoms with E-state index in [4.69, 9.17) is 22.1 Å². The molecule has 16 heavy (non-hydrogen) atoms. The molecule has 0 saturated heterocycles. The summed E-state index contributed by atoms with van der Waals surface area (Å²) in [6.45, 7) is 0. The van der Waals surface area contributed by atoms with E-state index in [1.807, 2.05) is 12.1 Å². The third-order valence-electron chi connectivity index (χ3n) is 2.08. The summed E-state index contributed by atoms with van der Waals surface area (Å²) in [6, 6.07) is 7.24. The highest BCUT2D eigenvalue weighted by atomic mass is 35.5. The van der Waals surface area contributed by atoms with E-state index >= 15 is 0 Å². The van der Waals surface area contributed by atoms with Gasteiger partial charge in [0.15, 0.2) is 5.82 Å². The van der Waals surface area contributed by atoms with E-state index in [1.54, 1.807) is 12.1 Å². The molecule has 0 fully saturated rings. The van der Waals surface area contributed by atoms with Gasteiger partial charge in [-0.05, 0) is 24.3 Å². The molecule has 0 unspecified atom stereocenters. The normalized spacial score (nSPS) is 10.1. The zero-order valence-corrected chi connectivity index (χ0v) is 9.40. The number of nitrogens with zero attached hydrogens (tertiary/aromatic N) is 2. The van der Waals surface area contributed by atoms with Gasteiger partial charge < -0.3 is 10.5 Å². The summed E-state index contributed by atoms with van der Waals surface area (Å²) >= 11 is 5.80. The summed E-state index contributed by atoms with van der Waals surface area (Å²) in [4.78, 5) is 8.32. The van der Waals surface area contributed by atoms with Gasteiger partial charge in [0.1, 0.15) is 5.69 Å². The number of benzene rings is 1. The fourth-order valence-electron chi connectivity index (χ4n) is 1.28. The Bertz CT molecular complexity index is 499. The average Bonchev–Trinajstić information content (AvgIpc) is 2.31. The first-order valence-corrected chi connectivity index (χ1v) is 5.01. The molecule has 0 amide bonds. The van der Waals surface area contributed by atoms with E-state index in [0.717, 1.165) is 5.56 Å². The van der Waals surface area contributed by atoms with Gasteiger partial charge in [0.2, 0.25) is 5.88 Å². The molecule has 5 heteroatoms. The molecule has 0 saturated carbocycles. The first-order chi connectivity index (χ1) is 7.70. The Kier molecular flexibility index (Phi) is 2.92. The zero-order valence-electron chi connectivity index (χ0n) is 8.64. The number of halogens is 1. The largest absolute Gasteiger partial charge is 0.479 e. The number of nitrogens with two attached hydrogens (primary N) is 1. The van der Waals surface area contributed by atoms with Crippen molar-refractivity contribution in [3.8, 4) is 17.3 Å². The maximum atomic E-state index is 5.80. The van der Waals surface area contributed by atoms with Crippen LogP contribution < -0.4 is 10.5 Å². The third kappa shape index (κ3) is 2.06. The van der Waals surface area contributed by atoms with Gasteiger partial charge in [0.25, 0.3) is 0 Å². The first-order valence-electron chi connectivity index (χ1n) is 4.63. The Balaban J connectivity index is 2.44. The van der Waals surface area contributed by atoms with Crippen molar-refractivity contribution < 1.29 is 4.74 Å². The van der Waals surface area contributed by atoms with Gasteiger partial charge in [-0.1, -0.05) is 11.6 Å². The summed E-state index contributed by atoms with van der Waals surface area (Å²) in [7, 11) is 1.52. The number of methoxy groups -OCH3 is 1. The fraction of sp³-hybridized carbons (Fsp3) is 0.0909. The minimum Gasteiger partial charge on any atom is -0.479 e. The molecular formula is C11H10ClN3O. The van der Waals surface area contributed by atoms with Crippen LogP contribution in [0.5, 0.6) is 5.88 Å². The van der Waals surface area contributed by atoms with Crippen molar-refractivity contribution >= 4 is 17.3 Å². The number of hydrogen-bond acceptors (Lipinski definition) is 4. The highest BCUT2D eigenvalue weighted by Crippen LogP contribution is 2.23. The smallest absolute Gasteiger partial charge is 0.240 e. The van der Waals surface area contributed by atoms with Crippen molar-refractivity contribution in [3.05, 3.63) is 35.5 Å². The van der Waals surface area contributed by atoms with Gasteiger partial charge in [0.05, 0.1) is 13.3 Å². The second kappa shape index (κ2) is 4.37. The second-order valence-electron chi connectivity index (χ2n) is 3.17. The predicted octanol–water partition coefficient (Wildman–Crippen LogP) is 2.39. The maximum absolute atomic E-state index is 5.80. The number of anilines is 1. The van der Waals surface area contributed by atoms with Crippen molar-refractivity contribution in [1.82, 2.24) is 9.97 Å². The van der Waals surface area contributed by atoms with Crippen LogP contribution in [0, 0.1) is 0 Å². The molecule has 1 aromatic carbocycles. The third-order valence-corrected chi connectivity index (χ3v) is 2.33. The minimum atomic E-state index is 0.375. The van der Waals surface area contributed by atoms with Crippen LogP contribution in [0.2, 0.25) is 5.02 Å². The Morgan fingerprint density at radius 2 is 1.94 bits per heavy atom. The van der Waals surface area contributed by atoms with Crippen LogP contribution in [0.4, 0.5) is 5.69 Å². The Morgan fingerprint density at radius 1 is 1.25 bits per heavy atom. The fourth-order valence-corrected chi connectivity index (χ4v) is 1.40. The molecule has 2 rings (SSSR count). The quantitative estimate of drug-likeness (QED) is 0.868. The van der Waals surface area contributed by atoms with Gasteiger partial charge in [-0.2, -0.15) is 4.98 Å². The number of rotatable bonds is 2. The summed E-state index contributed by atoms with van der Waals surface area (Å²) < 4.78 is 5.03. The van der Waals surface area contributed by atoms with E-state index < -0.39 is 0 Å². The summed E-state index contributed by atoms with van der Waals surface area (Å²) in [5, 5.41) is 0.672. The highest BCUT2D eigenvalue weighted by molar-refractivity contribution is 6.30. The zero-order chi connectivity index (χ0) is 11.5. The van der Waals surface area contributed by atoms with Crippen LogP contribution in [0.3, 0.4) is 0 Å². The first kappa shape index (κ1) is 10.7. The summed E-state index contributed by atoms with van der Waals surface area (Å²) in [6.07, 6.45) is 1.52. The molecule has 0 radical (unpaired) electrons. The van der Waals surface area contributed by atoms with Gasteiger partial charge in [0, 0.05) is 10.6 Å². The van der Waals surface area contributed by atoms with Gasteiger partial charge in [-0.15, -0.1) is 0 Å². The molecule has 4 nitrogen and oxygen atoms in total. The molecule has 0 spiro atoms. The van der Waals surface area contributed by atoms with Crippen molar-refractivity contribution in [1.29, 1.82) is 0 Å². The van der Waals surface area contributed by atoms with E-state index in [1.165, 1.54) is 13.3 Å². The molecule has 0 atom stereocenters. The Hall–Kier alpha value is -1.81. The van der Waals surface area contributed by atoms with Crippen molar-refractivity contribution in [2.24, 2.45) is 0 Å². The number of hydrogen-bond donors (Lipinski definition) is 1. The van der Waals surface area contributed by atoms with Gasteiger partial charge in [-0.3, -0.25) is 0 Å². The highest BCUT2D eigenvalue weighted by Gasteiger charge is 2.06. The second-order valence-corrected chi connectivity index (χ2v) is 3.60. The van der Waals surface area contributed by atoms with Crippen molar-refractivity contribution in [2.75, 3.05) is 12.8 Å². The molecule has 2 N–H and O–H groups in total. The number of nitrogen functional groups attached to an aromatic ring is 1. The summed E-state index contributed by atoms with van der Waals surface area (Å²) in [5.74, 6) is 0.933. The molecule has 0 aliphatic heterocycles. The number of aromatic nitrogens is 2. The predicted molar refractivity (Wildman–Crippen MR) is 63.4 cm³/mol. The van der Waals surface area contributed by atoms with E-state index in [0.29, 0.717) is 22.4 Å². The van der Waals surface area contributed by atoms with Crippen LogP contribution in [-0.4, -0.2) is 17.1 Å². The van der Waals surface area contributed by atoms with Crippen LogP contribution in [0.25, 0.3) is 11.4 Å². The molecule has 2 aromatic rings. The topological polar surface area (TPSA) is 61.0 Å². The lowest BCUT2D eigenvalue weighted by atomic mass is 10.2. The Morgan fingerprint density at radius 3 is 2.56 bits per heavy atom. The molecule has 1 heterocycles. The van der Waals surface area contributed by atoms with E-state index in [-0.39, 0.29) is 0 Å². The van der Waals surface area contributed by atoms with Crippen LogP contribution >= 0.6 is 11.6 Å². The Labute approximate surface area is 98.0 Å². The van der Waals surface area contributed by atoms with Crippen molar-refractivity contribution in [3.63, 3.8) is 0 Å². The molecule has 82 valence electrons. The summed E-state index contributed by atoms with van der Waals surface area (Å²) in [5.41, 5.74) is 6.91. The molecule has 1 aromatic heterocycles.